The van der Waals surface area contributed by atoms with Crippen LogP contribution in [0.4, 0.5) is 13.2 Å². The van der Waals surface area contributed by atoms with Gasteiger partial charge in [-0.3, -0.25) is 10.7 Å². The average molecular weight is 325 g/mol. The average Bonchev–Trinajstić information content (AvgIpc) is 2.41. The van der Waals surface area contributed by atoms with Crippen molar-refractivity contribution >= 4 is 16.8 Å². The summed E-state index contributed by atoms with van der Waals surface area (Å²) in [5.41, 5.74) is 0.691. The van der Waals surface area contributed by atoms with Gasteiger partial charge in [-0.2, -0.15) is 13.2 Å². The summed E-state index contributed by atoms with van der Waals surface area (Å²) in [6.45, 7) is 0.0490. The molecule has 0 bridgehead atoms. The molecule has 21 heavy (non-hydrogen) atoms. The van der Waals surface area contributed by atoms with Gasteiger partial charge in [-0.25, -0.2) is 0 Å². The van der Waals surface area contributed by atoms with Gasteiger partial charge in [0.1, 0.15) is 17.9 Å². The first-order valence-electron chi connectivity index (χ1n) is 6.08. The second-order valence-electron chi connectivity index (χ2n) is 4.43. The predicted octanol–water partition coefficient (Wildman–Crippen LogP) is 2.89. The summed E-state index contributed by atoms with van der Waals surface area (Å²) in [5.74, 6) is -1.50. The zero-order valence-corrected chi connectivity index (χ0v) is 12.0. The molecular weight excluding hydrogens is 309 g/mol. The molecule has 0 aliphatic rings. The zero-order valence-electron chi connectivity index (χ0n) is 11.2. The summed E-state index contributed by atoms with van der Waals surface area (Å²) >= 11 is 5.20. The fraction of sp³-hybridized carbons (Fsp3) is 0.462. The van der Waals surface area contributed by atoms with Gasteiger partial charge in [0.2, 0.25) is 0 Å². The van der Waals surface area contributed by atoms with Gasteiger partial charge in [0, 0.05) is 13.0 Å². The molecule has 1 aromatic rings. The van der Waals surface area contributed by atoms with Crippen LogP contribution in [0, 0.1) is 11.3 Å². The third-order valence-corrected chi connectivity index (χ3v) is 3.03. The van der Waals surface area contributed by atoms with Gasteiger partial charge in [0.05, 0.1) is 12.3 Å². The highest BCUT2D eigenvalue weighted by Crippen LogP contribution is 2.31. The Morgan fingerprint density at radius 2 is 1.95 bits per heavy atom. The van der Waals surface area contributed by atoms with Crippen LogP contribution < -0.4 is 10.1 Å². The van der Waals surface area contributed by atoms with Gasteiger partial charge in [-0.05, 0) is 17.7 Å². The lowest BCUT2D eigenvalue weighted by atomic mass is 10.0. The van der Waals surface area contributed by atoms with Crippen LogP contribution in [0.2, 0.25) is 0 Å². The van der Waals surface area contributed by atoms with E-state index in [1.165, 1.54) is 7.11 Å². The molecule has 0 saturated heterocycles. The molecule has 0 amide bonds. The Morgan fingerprint density at radius 3 is 2.38 bits per heavy atom. The Labute approximate surface area is 125 Å². The Balaban J connectivity index is 2.64. The molecule has 0 radical (unpaired) electrons. The van der Waals surface area contributed by atoms with Crippen molar-refractivity contribution in [2.45, 2.75) is 25.4 Å². The number of methoxy groups -OCH3 is 1. The molecule has 0 aliphatic carbocycles. The smallest absolute Gasteiger partial charge is 0.396 e. The van der Waals surface area contributed by atoms with E-state index in [0.717, 1.165) is 0 Å². The number of benzene rings is 1. The Hall–Kier alpha value is -1.31. The van der Waals surface area contributed by atoms with E-state index in [-0.39, 0.29) is 6.54 Å². The van der Waals surface area contributed by atoms with Gasteiger partial charge in [0.15, 0.2) is 0 Å². The fourth-order valence-corrected chi connectivity index (χ4v) is 1.87. The van der Waals surface area contributed by atoms with Crippen LogP contribution in [-0.4, -0.2) is 29.8 Å². The van der Waals surface area contributed by atoms with Crippen LogP contribution in [0.3, 0.4) is 0 Å². The van der Waals surface area contributed by atoms with E-state index in [1.807, 2.05) is 0 Å². The number of alkyl halides is 3. The second-order valence-corrected chi connectivity index (χ2v) is 4.89. The molecule has 2 unspecified atom stereocenters. The Morgan fingerprint density at radius 1 is 1.38 bits per heavy atom. The maximum Gasteiger partial charge on any atom is 0.396 e. The molecule has 0 aliphatic heterocycles. The predicted molar refractivity (Wildman–Crippen MR) is 73.6 cm³/mol. The topological polar surface area (TPSA) is 65.3 Å². The molecule has 0 heterocycles. The van der Waals surface area contributed by atoms with E-state index < -0.39 is 29.9 Å². The SMILES string of the molecule is COc1ccc(CNC(O)C(CC(=N)Cl)C(F)(F)F)cc1. The van der Waals surface area contributed by atoms with Gasteiger partial charge >= 0.3 is 6.18 Å². The number of aliphatic hydroxyl groups excluding tert-OH is 1. The minimum absolute atomic E-state index is 0.0490. The van der Waals surface area contributed by atoms with Gasteiger partial charge in [0.25, 0.3) is 0 Å². The van der Waals surface area contributed by atoms with Crippen LogP contribution in [0.1, 0.15) is 12.0 Å². The first-order chi connectivity index (χ1) is 9.74. The highest BCUT2D eigenvalue weighted by Gasteiger charge is 2.44. The van der Waals surface area contributed by atoms with Crippen LogP contribution in [0.5, 0.6) is 5.75 Å². The monoisotopic (exact) mass is 324 g/mol. The normalized spacial score (nSPS) is 14.6. The largest absolute Gasteiger partial charge is 0.497 e. The van der Waals surface area contributed by atoms with Crippen LogP contribution >= 0.6 is 11.6 Å². The van der Waals surface area contributed by atoms with Crippen molar-refractivity contribution < 1.29 is 23.0 Å². The maximum atomic E-state index is 12.8. The number of rotatable bonds is 7. The molecule has 0 aromatic heterocycles. The third-order valence-electron chi connectivity index (χ3n) is 2.88. The van der Waals surface area contributed by atoms with E-state index in [9.17, 15) is 18.3 Å². The standard InChI is InChI=1S/C13H16ClF3N2O2/c1-21-9-4-2-8(3-5-9)7-19-12(20)10(6-11(14)18)13(15,16)17/h2-5,10,12,18-20H,6-7H2,1H3. The quantitative estimate of drug-likeness (QED) is 0.534. The summed E-state index contributed by atoms with van der Waals surface area (Å²) in [7, 11) is 1.51. The number of nitrogens with one attached hydrogen (secondary N) is 2. The number of ether oxygens (including phenoxy) is 1. The minimum atomic E-state index is -4.65. The molecule has 1 rings (SSSR count). The van der Waals surface area contributed by atoms with E-state index in [4.69, 9.17) is 21.7 Å². The highest BCUT2D eigenvalue weighted by atomic mass is 35.5. The van der Waals surface area contributed by atoms with Crippen LogP contribution in [-0.2, 0) is 6.54 Å². The van der Waals surface area contributed by atoms with E-state index in [0.29, 0.717) is 11.3 Å². The fourth-order valence-electron chi connectivity index (χ4n) is 1.71. The lowest BCUT2D eigenvalue weighted by Gasteiger charge is -2.25. The number of hydrogen-bond donors (Lipinski definition) is 3. The van der Waals surface area contributed by atoms with Crippen LogP contribution in [0.15, 0.2) is 24.3 Å². The molecular formula is C13H16ClF3N2O2. The van der Waals surface area contributed by atoms with Crippen molar-refractivity contribution in [3.05, 3.63) is 29.8 Å². The summed E-state index contributed by atoms with van der Waals surface area (Å²) in [6, 6.07) is 6.67. The molecule has 0 fully saturated rings. The van der Waals surface area contributed by atoms with E-state index >= 15 is 0 Å². The number of aliphatic hydroxyl groups is 1. The molecule has 4 nitrogen and oxygen atoms in total. The summed E-state index contributed by atoms with van der Waals surface area (Å²) in [5, 5.41) is 18.3. The Bertz CT molecular complexity index is 465. The maximum absolute atomic E-state index is 12.8. The molecule has 3 N–H and O–H groups in total. The van der Waals surface area contributed by atoms with Crippen molar-refractivity contribution in [1.29, 1.82) is 5.41 Å². The van der Waals surface area contributed by atoms with Gasteiger partial charge in [-0.1, -0.05) is 23.7 Å². The highest BCUT2D eigenvalue weighted by molar-refractivity contribution is 6.64. The molecule has 0 saturated carbocycles. The first-order valence-corrected chi connectivity index (χ1v) is 6.46. The van der Waals surface area contributed by atoms with Gasteiger partial charge in [-0.15, -0.1) is 0 Å². The Kier molecular flexibility index (Phi) is 6.44. The zero-order chi connectivity index (χ0) is 16.0. The molecule has 2 atom stereocenters. The molecule has 118 valence electrons. The number of hydrogen-bond acceptors (Lipinski definition) is 4. The third kappa shape index (κ3) is 5.91. The first kappa shape index (κ1) is 17.7. The van der Waals surface area contributed by atoms with Gasteiger partial charge < -0.3 is 9.84 Å². The van der Waals surface area contributed by atoms with Crippen molar-refractivity contribution in [2.24, 2.45) is 5.92 Å². The summed E-state index contributed by atoms with van der Waals surface area (Å²) in [6.07, 6.45) is -7.25. The molecule has 1 aromatic carbocycles. The lowest BCUT2D eigenvalue weighted by molar-refractivity contribution is -0.201. The minimum Gasteiger partial charge on any atom is -0.497 e. The van der Waals surface area contributed by atoms with Crippen LogP contribution in [0.25, 0.3) is 0 Å². The summed E-state index contributed by atoms with van der Waals surface area (Å²) in [4.78, 5) is 0. The number of halogens is 4. The van der Waals surface area contributed by atoms with Crippen molar-refractivity contribution in [3.8, 4) is 5.75 Å². The van der Waals surface area contributed by atoms with Crippen molar-refractivity contribution in [3.63, 3.8) is 0 Å². The lowest BCUT2D eigenvalue weighted by Crippen LogP contribution is -2.43. The van der Waals surface area contributed by atoms with E-state index in [1.54, 1.807) is 24.3 Å². The molecule has 0 spiro atoms. The van der Waals surface area contributed by atoms with E-state index in [2.05, 4.69) is 5.32 Å². The van der Waals surface area contributed by atoms with Crippen molar-refractivity contribution in [2.75, 3.05) is 7.11 Å². The van der Waals surface area contributed by atoms with Crippen molar-refractivity contribution in [1.82, 2.24) is 5.32 Å². The molecule has 8 heteroatoms. The summed E-state index contributed by atoms with van der Waals surface area (Å²) < 4.78 is 43.3. The second kappa shape index (κ2) is 7.63.